The van der Waals surface area contributed by atoms with Crippen molar-refractivity contribution < 1.29 is 18.1 Å². The Labute approximate surface area is 145 Å². The third-order valence-corrected chi connectivity index (χ3v) is 4.70. The molecular weight excluding hydrogens is 340 g/mol. The van der Waals surface area contributed by atoms with Gasteiger partial charge in [0, 0.05) is 5.39 Å². The summed E-state index contributed by atoms with van der Waals surface area (Å²) in [5.74, 6) is -0.0689. The van der Waals surface area contributed by atoms with Crippen LogP contribution in [0.1, 0.15) is 11.1 Å². The zero-order valence-corrected chi connectivity index (χ0v) is 14.4. The largest absolute Gasteiger partial charge is 0.506 e. The molecule has 0 radical (unpaired) electrons. The summed E-state index contributed by atoms with van der Waals surface area (Å²) in [7, 11) is -4.30. The third kappa shape index (κ3) is 3.52. The van der Waals surface area contributed by atoms with Crippen LogP contribution in [-0.4, -0.2) is 18.1 Å². The van der Waals surface area contributed by atoms with Crippen LogP contribution in [0.25, 0.3) is 10.8 Å². The number of phenolic OH excluding ortho intramolecular Hbond substituents is 1. The third-order valence-electron chi connectivity index (χ3n) is 3.85. The summed E-state index contributed by atoms with van der Waals surface area (Å²) in [4.78, 5) is -0.219. The summed E-state index contributed by atoms with van der Waals surface area (Å²) in [6.45, 7) is 3.90. The van der Waals surface area contributed by atoms with Crippen molar-refractivity contribution in [3.05, 3.63) is 59.7 Å². The number of benzene rings is 3. The predicted octanol–water partition coefficient (Wildman–Crippen LogP) is 4.82. The Morgan fingerprint density at radius 1 is 0.920 bits per heavy atom. The SMILES string of the molecule is Cc1ccc(/N=N/c2c(O)ccc3cc(S(=O)(=O)O)ccc23)c(C)c1. The Morgan fingerprint density at radius 3 is 2.36 bits per heavy atom. The molecule has 25 heavy (non-hydrogen) atoms. The highest BCUT2D eigenvalue weighted by Crippen LogP contribution is 2.37. The smallest absolute Gasteiger partial charge is 0.294 e. The standard InChI is InChI=1S/C18H16N2O4S/c1-11-3-7-16(12(2)9-11)19-20-18-15-6-5-14(25(22,23)24)10-13(15)4-8-17(18)21/h3-10,21H,1-2H3,(H,22,23,24)/b20-19+. The Morgan fingerprint density at radius 2 is 1.68 bits per heavy atom. The molecular formula is C18H16N2O4S. The summed E-state index contributed by atoms with van der Waals surface area (Å²) in [6, 6.07) is 12.8. The number of fused-ring (bicyclic) bond motifs is 1. The average molecular weight is 356 g/mol. The van der Waals surface area contributed by atoms with Crippen molar-refractivity contribution in [3.8, 4) is 5.75 Å². The van der Waals surface area contributed by atoms with Crippen LogP contribution in [0.3, 0.4) is 0 Å². The molecule has 0 aliphatic carbocycles. The summed E-state index contributed by atoms with van der Waals surface area (Å²) in [5.41, 5.74) is 2.98. The molecule has 0 unspecified atom stereocenters. The van der Waals surface area contributed by atoms with Crippen LogP contribution < -0.4 is 0 Å². The molecule has 0 aromatic heterocycles. The lowest BCUT2D eigenvalue weighted by Crippen LogP contribution is -1.97. The van der Waals surface area contributed by atoms with Crippen LogP contribution in [0, 0.1) is 13.8 Å². The lowest BCUT2D eigenvalue weighted by atomic mass is 10.1. The lowest BCUT2D eigenvalue weighted by molar-refractivity contribution is 0.477. The van der Waals surface area contributed by atoms with Gasteiger partial charge >= 0.3 is 0 Å². The van der Waals surface area contributed by atoms with Gasteiger partial charge in [0.2, 0.25) is 0 Å². The average Bonchev–Trinajstić information content (AvgIpc) is 2.54. The van der Waals surface area contributed by atoms with Gasteiger partial charge in [-0.3, -0.25) is 4.55 Å². The molecule has 3 rings (SSSR count). The van der Waals surface area contributed by atoms with Crippen LogP contribution in [-0.2, 0) is 10.1 Å². The first kappa shape index (κ1) is 17.1. The molecule has 6 nitrogen and oxygen atoms in total. The molecule has 3 aromatic carbocycles. The van der Waals surface area contributed by atoms with E-state index < -0.39 is 10.1 Å². The van der Waals surface area contributed by atoms with E-state index in [1.54, 1.807) is 6.07 Å². The number of nitrogens with zero attached hydrogens (tertiary/aromatic N) is 2. The van der Waals surface area contributed by atoms with Gasteiger partial charge in [-0.2, -0.15) is 13.5 Å². The highest BCUT2D eigenvalue weighted by Gasteiger charge is 2.13. The summed E-state index contributed by atoms with van der Waals surface area (Å²) in [5, 5.41) is 19.5. The maximum atomic E-state index is 11.3. The van der Waals surface area contributed by atoms with Crippen molar-refractivity contribution >= 4 is 32.3 Å². The molecule has 0 saturated heterocycles. The second kappa shape index (κ2) is 6.27. The Bertz CT molecular complexity index is 1110. The first-order valence-corrected chi connectivity index (χ1v) is 8.92. The van der Waals surface area contributed by atoms with Crippen molar-refractivity contribution in [2.45, 2.75) is 18.7 Å². The van der Waals surface area contributed by atoms with Crippen molar-refractivity contribution in [1.29, 1.82) is 0 Å². The predicted molar refractivity (Wildman–Crippen MR) is 95.5 cm³/mol. The van der Waals surface area contributed by atoms with E-state index in [0.29, 0.717) is 16.5 Å². The van der Waals surface area contributed by atoms with Gasteiger partial charge in [0.05, 0.1) is 10.6 Å². The fourth-order valence-corrected chi connectivity index (χ4v) is 3.08. The van der Waals surface area contributed by atoms with Crippen LogP contribution in [0.2, 0.25) is 0 Å². The van der Waals surface area contributed by atoms with E-state index in [4.69, 9.17) is 4.55 Å². The fraction of sp³-hybridized carbons (Fsp3) is 0.111. The number of phenols is 1. The van der Waals surface area contributed by atoms with Crippen LogP contribution in [0.15, 0.2) is 63.7 Å². The molecule has 0 saturated carbocycles. The zero-order chi connectivity index (χ0) is 18.2. The number of aryl methyl sites for hydroxylation is 2. The first-order valence-electron chi connectivity index (χ1n) is 7.48. The van der Waals surface area contributed by atoms with Crippen molar-refractivity contribution in [3.63, 3.8) is 0 Å². The van der Waals surface area contributed by atoms with E-state index in [-0.39, 0.29) is 16.3 Å². The number of azo groups is 1. The van der Waals surface area contributed by atoms with E-state index in [1.807, 2.05) is 32.0 Å². The van der Waals surface area contributed by atoms with Gasteiger partial charge in [-0.15, -0.1) is 5.11 Å². The van der Waals surface area contributed by atoms with Gasteiger partial charge in [0.15, 0.2) is 0 Å². The molecule has 2 N–H and O–H groups in total. The molecule has 0 heterocycles. The minimum Gasteiger partial charge on any atom is -0.506 e. The number of hydrogen-bond acceptors (Lipinski definition) is 5. The highest BCUT2D eigenvalue weighted by atomic mass is 32.2. The molecule has 128 valence electrons. The molecule has 0 aliphatic heterocycles. The molecule has 0 atom stereocenters. The quantitative estimate of drug-likeness (QED) is 0.519. The van der Waals surface area contributed by atoms with E-state index >= 15 is 0 Å². The minimum absolute atomic E-state index is 0.0689. The number of rotatable bonds is 3. The number of aromatic hydroxyl groups is 1. The Balaban J connectivity index is 2.12. The zero-order valence-electron chi connectivity index (χ0n) is 13.6. The second-order valence-corrected chi connectivity index (χ2v) is 7.20. The molecule has 3 aromatic rings. The monoisotopic (exact) mass is 356 g/mol. The van der Waals surface area contributed by atoms with Gasteiger partial charge in [0.1, 0.15) is 11.4 Å². The van der Waals surface area contributed by atoms with Crippen LogP contribution >= 0.6 is 0 Å². The summed E-state index contributed by atoms with van der Waals surface area (Å²) >= 11 is 0. The summed E-state index contributed by atoms with van der Waals surface area (Å²) in [6.07, 6.45) is 0. The molecule has 0 amide bonds. The first-order chi connectivity index (χ1) is 11.8. The van der Waals surface area contributed by atoms with Crippen molar-refractivity contribution in [2.24, 2.45) is 10.2 Å². The van der Waals surface area contributed by atoms with E-state index in [1.165, 1.54) is 24.3 Å². The van der Waals surface area contributed by atoms with Crippen molar-refractivity contribution in [2.75, 3.05) is 0 Å². The fourth-order valence-electron chi connectivity index (χ4n) is 2.57. The van der Waals surface area contributed by atoms with E-state index in [2.05, 4.69) is 10.2 Å². The molecule has 0 aliphatic rings. The van der Waals surface area contributed by atoms with Gasteiger partial charge in [-0.25, -0.2) is 0 Å². The Kier molecular flexibility index (Phi) is 4.28. The normalized spacial score (nSPS) is 12.1. The topological polar surface area (TPSA) is 99.3 Å². The minimum atomic E-state index is -4.30. The molecule has 0 fully saturated rings. The maximum Gasteiger partial charge on any atom is 0.294 e. The highest BCUT2D eigenvalue weighted by molar-refractivity contribution is 7.85. The van der Waals surface area contributed by atoms with Gasteiger partial charge in [-0.1, -0.05) is 29.8 Å². The van der Waals surface area contributed by atoms with E-state index in [9.17, 15) is 13.5 Å². The lowest BCUT2D eigenvalue weighted by Gasteiger charge is -2.06. The van der Waals surface area contributed by atoms with E-state index in [0.717, 1.165) is 11.1 Å². The van der Waals surface area contributed by atoms with Gasteiger partial charge in [0.25, 0.3) is 10.1 Å². The van der Waals surface area contributed by atoms with Gasteiger partial charge < -0.3 is 5.11 Å². The van der Waals surface area contributed by atoms with Crippen LogP contribution in [0.4, 0.5) is 11.4 Å². The molecule has 7 heteroatoms. The van der Waals surface area contributed by atoms with Crippen LogP contribution in [0.5, 0.6) is 5.75 Å². The molecule has 0 bridgehead atoms. The summed E-state index contributed by atoms with van der Waals surface area (Å²) < 4.78 is 31.7. The second-order valence-electron chi connectivity index (χ2n) is 5.78. The van der Waals surface area contributed by atoms with Gasteiger partial charge in [-0.05, 0) is 49.1 Å². The van der Waals surface area contributed by atoms with Crippen molar-refractivity contribution in [1.82, 2.24) is 0 Å². The Hall–Kier alpha value is -2.77. The number of hydrogen-bond donors (Lipinski definition) is 2. The molecule has 0 spiro atoms. The maximum absolute atomic E-state index is 11.3.